The van der Waals surface area contributed by atoms with Crippen molar-refractivity contribution in [3.8, 4) is 0 Å². The molecule has 1 atom stereocenters. The van der Waals surface area contributed by atoms with Gasteiger partial charge in [-0.2, -0.15) is 0 Å². The van der Waals surface area contributed by atoms with E-state index in [-0.39, 0.29) is 0 Å². The van der Waals surface area contributed by atoms with Crippen molar-refractivity contribution in [1.29, 1.82) is 0 Å². The fraction of sp³-hybridized carbons (Fsp3) is 0.667. The van der Waals surface area contributed by atoms with E-state index in [1.165, 1.54) is 0 Å². The van der Waals surface area contributed by atoms with Crippen molar-refractivity contribution >= 4 is 22.1 Å². The lowest BCUT2D eigenvalue weighted by Gasteiger charge is -2.21. The Morgan fingerprint density at radius 3 is 3.00 bits per heavy atom. The average molecular weight is 230 g/mol. The van der Waals surface area contributed by atoms with E-state index < -0.39 is 10.8 Å². The second-order valence-electron chi connectivity index (χ2n) is 3.44. The lowest BCUT2D eigenvalue weighted by atomic mass is 10.2. The van der Waals surface area contributed by atoms with Crippen LogP contribution >= 0.6 is 11.3 Å². The number of thiazole rings is 1. The number of aromatic nitrogens is 1. The van der Waals surface area contributed by atoms with Crippen molar-refractivity contribution in [1.82, 2.24) is 10.3 Å². The number of nitrogens with one attached hydrogen (secondary N) is 1. The van der Waals surface area contributed by atoms with E-state index in [0.29, 0.717) is 11.0 Å². The van der Waals surface area contributed by atoms with Crippen LogP contribution in [-0.4, -0.2) is 27.5 Å². The molecule has 0 aliphatic carbocycles. The topological polar surface area (TPSA) is 42.0 Å². The van der Waals surface area contributed by atoms with Crippen molar-refractivity contribution in [3.05, 3.63) is 16.6 Å². The van der Waals surface area contributed by atoms with Crippen LogP contribution in [-0.2, 0) is 16.6 Å². The molecule has 1 fully saturated rings. The van der Waals surface area contributed by atoms with E-state index in [9.17, 15) is 4.21 Å². The molecule has 0 amide bonds. The summed E-state index contributed by atoms with van der Waals surface area (Å²) in [5.41, 5.74) is 1.80. The molecule has 0 spiro atoms. The minimum atomic E-state index is -0.705. The lowest BCUT2D eigenvalue weighted by Crippen LogP contribution is -2.33. The Kier molecular flexibility index (Phi) is 3.67. The third-order valence-corrected chi connectivity index (χ3v) is 5.20. The fourth-order valence-electron chi connectivity index (χ4n) is 1.63. The number of piperidine rings is 1. The molecule has 1 aliphatic heterocycles. The Hall–Kier alpha value is -0.260. The minimum absolute atomic E-state index is 0.387. The molecule has 1 saturated heterocycles. The van der Waals surface area contributed by atoms with Crippen molar-refractivity contribution in [3.63, 3.8) is 0 Å². The largest absolute Gasteiger partial charge is 0.317 e. The zero-order chi connectivity index (χ0) is 9.80. The van der Waals surface area contributed by atoms with Gasteiger partial charge in [-0.15, -0.1) is 11.3 Å². The van der Waals surface area contributed by atoms with Gasteiger partial charge < -0.3 is 5.32 Å². The molecule has 14 heavy (non-hydrogen) atoms. The maximum absolute atomic E-state index is 11.9. The highest BCUT2D eigenvalue weighted by atomic mass is 32.2. The summed E-state index contributed by atoms with van der Waals surface area (Å²) in [6, 6.07) is 0. The quantitative estimate of drug-likeness (QED) is 0.847. The second-order valence-corrected chi connectivity index (χ2v) is 6.13. The normalized spacial score (nSPS) is 20.9. The molecule has 2 heterocycles. The molecule has 0 aromatic carbocycles. The standard InChI is InChI=1S/C9H14N2OS2/c12-14(6-8-5-11-7-13-8)9-1-3-10-4-2-9/h5,7,9-10H,1-4,6H2/t14-/m0/s1. The molecular weight excluding hydrogens is 216 g/mol. The molecule has 78 valence electrons. The van der Waals surface area contributed by atoms with Gasteiger partial charge in [-0.3, -0.25) is 9.19 Å². The fourth-order valence-corrected chi connectivity index (χ4v) is 3.98. The zero-order valence-electron chi connectivity index (χ0n) is 7.94. The molecule has 0 unspecified atom stereocenters. The van der Waals surface area contributed by atoms with Crippen LogP contribution in [0.2, 0.25) is 0 Å². The Balaban J connectivity index is 1.88. The Morgan fingerprint density at radius 1 is 1.57 bits per heavy atom. The van der Waals surface area contributed by atoms with Crippen LogP contribution < -0.4 is 5.32 Å². The van der Waals surface area contributed by atoms with E-state index in [2.05, 4.69) is 10.3 Å². The van der Waals surface area contributed by atoms with Crippen LogP contribution in [0.15, 0.2) is 11.7 Å². The molecule has 0 saturated carbocycles. The first-order valence-corrected chi connectivity index (χ1v) is 7.07. The molecule has 1 aliphatic rings. The minimum Gasteiger partial charge on any atom is -0.317 e. The highest BCUT2D eigenvalue weighted by molar-refractivity contribution is 7.85. The summed E-state index contributed by atoms with van der Waals surface area (Å²) in [5.74, 6) is 0.690. The van der Waals surface area contributed by atoms with Crippen molar-refractivity contribution < 1.29 is 4.21 Å². The predicted octanol–water partition coefficient (Wildman–Crippen LogP) is 1.14. The van der Waals surface area contributed by atoms with Crippen LogP contribution in [0.25, 0.3) is 0 Å². The van der Waals surface area contributed by atoms with Gasteiger partial charge in [0, 0.05) is 27.1 Å². The van der Waals surface area contributed by atoms with Gasteiger partial charge in [0.1, 0.15) is 0 Å². The van der Waals surface area contributed by atoms with Crippen molar-refractivity contribution in [2.45, 2.75) is 23.8 Å². The summed E-state index contributed by atoms with van der Waals surface area (Å²) in [6.07, 6.45) is 3.92. The van der Waals surface area contributed by atoms with Gasteiger partial charge in [0.15, 0.2) is 0 Å². The van der Waals surface area contributed by atoms with Crippen LogP contribution in [0.3, 0.4) is 0 Å². The average Bonchev–Trinajstić information content (AvgIpc) is 2.72. The predicted molar refractivity (Wildman–Crippen MR) is 59.9 cm³/mol. The van der Waals surface area contributed by atoms with E-state index in [4.69, 9.17) is 0 Å². The van der Waals surface area contributed by atoms with Gasteiger partial charge in [0.05, 0.1) is 11.3 Å². The summed E-state index contributed by atoms with van der Waals surface area (Å²) >= 11 is 1.60. The van der Waals surface area contributed by atoms with Gasteiger partial charge >= 0.3 is 0 Å². The van der Waals surface area contributed by atoms with Crippen LogP contribution in [0.4, 0.5) is 0 Å². The third-order valence-electron chi connectivity index (χ3n) is 2.43. The van der Waals surface area contributed by atoms with E-state index >= 15 is 0 Å². The summed E-state index contributed by atoms with van der Waals surface area (Å²) < 4.78 is 11.9. The maximum Gasteiger partial charge on any atom is 0.0794 e. The first-order chi connectivity index (χ1) is 6.86. The lowest BCUT2D eigenvalue weighted by molar-refractivity contribution is 0.519. The van der Waals surface area contributed by atoms with Gasteiger partial charge in [-0.25, -0.2) is 0 Å². The molecule has 0 radical (unpaired) electrons. The summed E-state index contributed by atoms with van der Waals surface area (Å²) in [7, 11) is -0.705. The number of hydrogen-bond donors (Lipinski definition) is 1. The Bertz CT molecular complexity index is 294. The molecule has 3 nitrogen and oxygen atoms in total. The molecule has 1 N–H and O–H groups in total. The second kappa shape index (κ2) is 5.00. The van der Waals surface area contributed by atoms with Gasteiger partial charge in [0.2, 0.25) is 0 Å². The molecular formula is C9H14N2OS2. The highest BCUT2D eigenvalue weighted by Gasteiger charge is 2.19. The van der Waals surface area contributed by atoms with Gasteiger partial charge in [-0.1, -0.05) is 0 Å². The van der Waals surface area contributed by atoms with Crippen LogP contribution in [0.5, 0.6) is 0 Å². The SMILES string of the molecule is O=[S@@](Cc1cncs1)C1CCNCC1. The zero-order valence-corrected chi connectivity index (χ0v) is 9.57. The number of hydrogen-bond acceptors (Lipinski definition) is 4. The first kappa shape index (κ1) is 10.3. The maximum atomic E-state index is 11.9. The molecule has 0 bridgehead atoms. The summed E-state index contributed by atoms with van der Waals surface area (Å²) in [6.45, 7) is 2.03. The third kappa shape index (κ3) is 2.62. The molecule has 1 aromatic rings. The van der Waals surface area contributed by atoms with E-state index in [1.807, 2.05) is 6.20 Å². The smallest absolute Gasteiger partial charge is 0.0794 e. The van der Waals surface area contributed by atoms with E-state index in [1.54, 1.807) is 16.8 Å². The molecule has 1 aromatic heterocycles. The molecule has 5 heteroatoms. The van der Waals surface area contributed by atoms with Crippen molar-refractivity contribution in [2.24, 2.45) is 0 Å². The Morgan fingerprint density at radius 2 is 2.36 bits per heavy atom. The summed E-state index contributed by atoms with van der Waals surface area (Å²) in [5, 5.41) is 3.67. The van der Waals surface area contributed by atoms with Crippen molar-refractivity contribution in [2.75, 3.05) is 13.1 Å². The Labute approximate surface area is 90.4 Å². The van der Waals surface area contributed by atoms with Crippen LogP contribution in [0, 0.1) is 0 Å². The first-order valence-electron chi connectivity index (χ1n) is 4.81. The highest BCUT2D eigenvalue weighted by Crippen LogP contribution is 2.16. The van der Waals surface area contributed by atoms with E-state index in [0.717, 1.165) is 30.8 Å². The summed E-state index contributed by atoms with van der Waals surface area (Å²) in [4.78, 5) is 5.13. The van der Waals surface area contributed by atoms with Crippen LogP contribution in [0.1, 0.15) is 17.7 Å². The number of nitrogens with zero attached hydrogens (tertiary/aromatic N) is 1. The number of rotatable bonds is 3. The van der Waals surface area contributed by atoms with Gasteiger partial charge in [-0.05, 0) is 25.9 Å². The molecule has 2 rings (SSSR count). The van der Waals surface area contributed by atoms with Gasteiger partial charge in [0.25, 0.3) is 0 Å². The monoisotopic (exact) mass is 230 g/mol.